The highest BCUT2D eigenvalue weighted by Crippen LogP contribution is 2.69. The van der Waals surface area contributed by atoms with Crippen LogP contribution in [0.25, 0.3) is 0 Å². The number of hydrogen-bond donors (Lipinski definition) is 2. The minimum atomic E-state index is -0.272. The summed E-state index contributed by atoms with van der Waals surface area (Å²) in [6.07, 6.45) is 8.11. The maximum atomic E-state index is 12.2. The van der Waals surface area contributed by atoms with Gasteiger partial charge >= 0.3 is 5.97 Å². The molecule has 158 valence electrons. The first-order chi connectivity index (χ1) is 13.2. The summed E-state index contributed by atoms with van der Waals surface area (Å²) in [6.45, 7) is 7.21. The van der Waals surface area contributed by atoms with Gasteiger partial charge < -0.3 is 14.9 Å². The van der Waals surface area contributed by atoms with E-state index >= 15 is 0 Å². The molecule has 4 saturated carbocycles. The lowest BCUT2D eigenvalue weighted by Gasteiger charge is -2.62. The predicted octanol–water partition coefficient (Wildman–Crippen LogP) is 3.93. The first-order valence-electron chi connectivity index (χ1n) is 11.8. The van der Waals surface area contributed by atoms with Crippen LogP contribution in [0.2, 0.25) is 0 Å². The van der Waals surface area contributed by atoms with Crippen LogP contribution in [0.5, 0.6) is 0 Å². The van der Waals surface area contributed by atoms with Gasteiger partial charge in [-0.2, -0.15) is 0 Å². The summed E-state index contributed by atoms with van der Waals surface area (Å²) >= 11 is 0. The van der Waals surface area contributed by atoms with Crippen molar-refractivity contribution in [1.82, 2.24) is 0 Å². The minimum absolute atomic E-state index is 0.0179. The fourth-order valence-electron chi connectivity index (χ4n) is 9.12. The number of fused-ring (bicyclic) bond motifs is 7. The van der Waals surface area contributed by atoms with E-state index in [1.54, 1.807) is 0 Å². The fourth-order valence-corrected chi connectivity index (χ4v) is 9.12. The van der Waals surface area contributed by atoms with Crippen LogP contribution in [0.4, 0.5) is 0 Å². The zero-order valence-corrected chi connectivity index (χ0v) is 17.8. The molecule has 0 unspecified atom stereocenters. The number of rotatable bonds is 0. The van der Waals surface area contributed by atoms with E-state index in [0.717, 1.165) is 38.5 Å². The number of carbonyl (C=O) groups excluding carboxylic acids is 1. The topological polar surface area (TPSA) is 66.8 Å². The highest BCUT2D eigenvalue weighted by atomic mass is 16.5. The molecule has 0 aromatic carbocycles. The van der Waals surface area contributed by atoms with E-state index < -0.39 is 0 Å². The van der Waals surface area contributed by atoms with Crippen molar-refractivity contribution in [3.05, 3.63) is 0 Å². The van der Waals surface area contributed by atoms with Crippen molar-refractivity contribution < 1.29 is 19.7 Å². The number of aliphatic hydroxyl groups is 2. The van der Waals surface area contributed by atoms with Crippen LogP contribution in [-0.2, 0) is 9.53 Å². The van der Waals surface area contributed by atoms with Gasteiger partial charge in [-0.25, -0.2) is 0 Å². The molecule has 0 spiro atoms. The number of esters is 1. The second-order valence-corrected chi connectivity index (χ2v) is 11.6. The van der Waals surface area contributed by atoms with Crippen LogP contribution in [0, 0.1) is 46.3 Å². The molecule has 0 radical (unpaired) electrons. The maximum Gasteiger partial charge on any atom is 0.306 e. The molecule has 4 nitrogen and oxygen atoms in total. The van der Waals surface area contributed by atoms with Crippen molar-refractivity contribution in [2.75, 3.05) is 0 Å². The Kier molecular flexibility index (Phi) is 4.45. The van der Waals surface area contributed by atoms with Crippen LogP contribution in [0.3, 0.4) is 0 Å². The van der Waals surface area contributed by atoms with Gasteiger partial charge in [0.2, 0.25) is 0 Å². The lowest BCUT2D eigenvalue weighted by Crippen LogP contribution is -2.58. The van der Waals surface area contributed by atoms with E-state index in [1.165, 1.54) is 12.8 Å². The summed E-state index contributed by atoms with van der Waals surface area (Å²) in [5.74, 6) is 2.70. The first-order valence-corrected chi connectivity index (χ1v) is 11.8. The van der Waals surface area contributed by atoms with Crippen LogP contribution in [0.1, 0.15) is 78.6 Å². The molecule has 0 bridgehead atoms. The predicted molar refractivity (Wildman–Crippen MR) is 106 cm³/mol. The molecule has 28 heavy (non-hydrogen) atoms. The molecule has 0 aromatic rings. The Morgan fingerprint density at radius 1 is 0.964 bits per heavy atom. The van der Waals surface area contributed by atoms with Gasteiger partial charge in [0.1, 0.15) is 6.10 Å². The zero-order chi connectivity index (χ0) is 19.8. The molecule has 0 aromatic heterocycles. The smallest absolute Gasteiger partial charge is 0.306 e. The molecule has 4 heteroatoms. The van der Waals surface area contributed by atoms with Crippen molar-refractivity contribution >= 4 is 5.97 Å². The van der Waals surface area contributed by atoms with Gasteiger partial charge in [0.25, 0.3) is 0 Å². The Labute approximate surface area is 169 Å². The van der Waals surface area contributed by atoms with Crippen LogP contribution in [-0.4, -0.2) is 34.5 Å². The quantitative estimate of drug-likeness (QED) is 0.615. The van der Waals surface area contributed by atoms with Crippen LogP contribution in [0.15, 0.2) is 0 Å². The number of aliphatic hydroxyl groups excluding tert-OH is 2. The summed E-state index contributed by atoms with van der Waals surface area (Å²) < 4.78 is 5.97. The van der Waals surface area contributed by atoms with E-state index in [1.807, 2.05) is 0 Å². The summed E-state index contributed by atoms with van der Waals surface area (Å²) in [7, 11) is 0. The van der Waals surface area contributed by atoms with E-state index in [4.69, 9.17) is 4.74 Å². The van der Waals surface area contributed by atoms with Crippen molar-refractivity contribution in [3.63, 3.8) is 0 Å². The van der Waals surface area contributed by atoms with E-state index in [0.29, 0.717) is 41.9 Å². The second kappa shape index (κ2) is 6.44. The lowest BCUT2D eigenvalue weighted by molar-refractivity contribution is -0.174. The van der Waals surface area contributed by atoms with Gasteiger partial charge in [-0.15, -0.1) is 0 Å². The average molecular weight is 391 g/mol. The molecule has 2 N–H and O–H groups in total. The second-order valence-electron chi connectivity index (χ2n) is 11.6. The van der Waals surface area contributed by atoms with Crippen LogP contribution < -0.4 is 0 Å². The standard InChI is InChI=1S/C24H38O4/c1-13-4-5-20(27)28-19-12-17-21-16(7-9-24(17,3)22(13)19)23(2)8-6-15(25)10-14(23)11-18(21)26/h13-19,21-22,25-26H,4-12H2,1-3H3/t13-,14+,15-,16+,17+,18-,19-,21-,22+,23+,24+/m1/s1. The third-order valence-corrected chi connectivity index (χ3v) is 10.4. The monoisotopic (exact) mass is 390 g/mol. The normalized spacial score (nSPS) is 58.6. The Balaban J connectivity index is 1.49. The maximum absolute atomic E-state index is 12.2. The first kappa shape index (κ1) is 19.4. The third-order valence-electron chi connectivity index (χ3n) is 10.4. The highest BCUT2D eigenvalue weighted by Gasteiger charge is 2.65. The average Bonchev–Trinajstić information content (AvgIpc) is 2.84. The Bertz CT molecular complexity index is 649. The van der Waals surface area contributed by atoms with E-state index in [9.17, 15) is 15.0 Å². The van der Waals surface area contributed by atoms with Crippen molar-refractivity contribution in [3.8, 4) is 0 Å². The highest BCUT2D eigenvalue weighted by molar-refractivity contribution is 5.70. The zero-order valence-electron chi connectivity index (χ0n) is 17.8. The Morgan fingerprint density at radius 2 is 1.71 bits per heavy atom. The number of hydrogen-bond acceptors (Lipinski definition) is 4. The number of carbonyl (C=O) groups is 1. The largest absolute Gasteiger partial charge is 0.462 e. The Hall–Kier alpha value is -0.610. The fraction of sp³-hybridized carbons (Fsp3) is 0.958. The van der Waals surface area contributed by atoms with Crippen LogP contribution >= 0.6 is 0 Å². The molecule has 5 rings (SSSR count). The van der Waals surface area contributed by atoms with Gasteiger partial charge in [-0.3, -0.25) is 4.79 Å². The lowest BCUT2D eigenvalue weighted by atomic mass is 9.43. The minimum Gasteiger partial charge on any atom is -0.462 e. The Morgan fingerprint density at radius 3 is 2.50 bits per heavy atom. The molecule has 1 aliphatic heterocycles. The van der Waals surface area contributed by atoms with Gasteiger partial charge in [-0.1, -0.05) is 20.8 Å². The van der Waals surface area contributed by atoms with E-state index in [2.05, 4.69) is 20.8 Å². The van der Waals surface area contributed by atoms with Gasteiger partial charge in [-0.05, 0) is 91.8 Å². The summed E-state index contributed by atoms with van der Waals surface area (Å²) in [5, 5.41) is 21.5. The number of ether oxygens (including phenoxy) is 1. The van der Waals surface area contributed by atoms with Gasteiger partial charge in [0, 0.05) is 12.3 Å². The van der Waals surface area contributed by atoms with Crippen molar-refractivity contribution in [1.29, 1.82) is 0 Å². The summed E-state index contributed by atoms with van der Waals surface area (Å²) in [5.41, 5.74) is 0.422. The molecular formula is C24H38O4. The van der Waals surface area contributed by atoms with Crippen molar-refractivity contribution in [2.45, 2.75) is 96.9 Å². The molecule has 5 aliphatic rings. The molecule has 5 fully saturated rings. The molecule has 0 amide bonds. The third kappa shape index (κ3) is 2.59. The molecule has 1 saturated heterocycles. The van der Waals surface area contributed by atoms with E-state index in [-0.39, 0.29) is 35.1 Å². The summed E-state index contributed by atoms with van der Waals surface area (Å²) in [4.78, 5) is 12.2. The van der Waals surface area contributed by atoms with Gasteiger partial charge in [0.15, 0.2) is 0 Å². The molecule has 1 heterocycles. The SMILES string of the molecule is C[C@@H]1CCC(=O)O[C@@H]2C[C@H]3[C@@H]4[C@H](O)C[C@@H]5C[C@H](O)CC[C@]5(C)[C@H]4CC[C@]3(C)[C@@H]12. The summed E-state index contributed by atoms with van der Waals surface area (Å²) in [6, 6.07) is 0. The van der Waals surface area contributed by atoms with Crippen molar-refractivity contribution in [2.24, 2.45) is 46.3 Å². The van der Waals surface area contributed by atoms with Gasteiger partial charge in [0.05, 0.1) is 12.2 Å². The molecule has 11 atom stereocenters. The molecule has 4 aliphatic carbocycles. The molecular weight excluding hydrogens is 352 g/mol.